The van der Waals surface area contributed by atoms with E-state index in [0.29, 0.717) is 18.8 Å². The third-order valence-corrected chi connectivity index (χ3v) is 4.67. The van der Waals surface area contributed by atoms with Gasteiger partial charge in [0.15, 0.2) is 5.65 Å². The van der Waals surface area contributed by atoms with Gasteiger partial charge < -0.3 is 4.90 Å². The summed E-state index contributed by atoms with van der Waals surface area (Å²) in [5.41, 5.74) is 1.30. The van der Waals surface area contributed by atoms with E-state index in [-0.39, 0.29) is 22.8 Å². The molecule has 0 bridgehead atoms. The quantitative estimate of drug-likeness (QED) is 0.714. The molecule has 134 valence electrons. The second-order valence-corrected chi connectivity index (χ2v) is 6.38. The van der Waals surface area contributed by atoms with Crippen LogP contribution in [0.1, 0.15) is 41.7 Å². The van der Waals surface area contributed by atoms with E-state index < -0.39 is 6.43 Å². The Morgan fingerprint density at radius 2 is 1.81 bits per heavy atom. The maximum atomic E-state index is 13.6. The molecule has 5 nitrogen and oxygen atoms in total. The predicted molar refractivity (Wildman–Crippen MR) is 93.1 cm³/mol. The lowest BCUT2D eigenvalue weighted by molar-refractivity contribution is 0.0726. The molecule has 3 aromatic rings. The highest BCUT2D eigenvalue weighted by Crippen LogP contribution is 2.27. The van der Waals surface area contributed by atoms with Gasteiger partial charge in [-0.15, -0.1) is 0 Å². The smallest absolute Gasteiger partial charge is 0.280 e. The molecule has 1 fully saturated rings. The first-order valence-electron chi connectivity index (χ1n) is 8.66. The van der Waals surface area contributed by atoms with Gasteiger partial charge in [0, 0.05) is 18.7 Å². The summed E-state index contributed by atoms with van der Waals surface area (Å²) in [4.78, 5) is 19.1. The molecule has 0 aliphatic carbocycles. The summed E-state index contributed by atoms with van der Waals surface area (Å²) in [5, 5.41) is 4.02. The van der Waals surface area contributed by atoms with Crippen LogP contribution >= 0.6 is 0 Å². The molecule has 1 aliphatic rings. The topological polar surface area (TPSA) is 50.5 Å². The van der Waals surface area contributed by atoms with Crippen LogP contribution in [0.25, 0.3) is 16.9 Å². The Morgan fingerprint density at radius 1 is 1.08 bits per heavy atom. The Kier molecular flexibility index (Phi) is 4.36. The number of hydrogen-bond acceptors (Lipinski definition) is 3. The monoisotopic (exact) mass is 356 g/mol. The summed E-state index contributed by atoms with van der Waals surface area (Å²) >= 11 is 0. The van der Waals surface area contributed by atoms with Crippen LogP contribution in [0.4, 0.5) is 8.78 Å². The fourth-order valence-corrected chi connectivity index (χ4v) is 3.32. The number of nitrogens with zero attached hydrogens (tertiary/aromatic N) is 4. The van der Waals surface area contributed by atoms with Gasteiger partial charge in [0.05, 0.1) is 11.9 Å². The molecule has 0 saturated carbocycles. The van der Waals surface area contributed by atoms with E-state index in [2.05, 4.69) is 10.1 Å². The Morgan fingerprint density at radius 3 is 2.50 bits per heavy atom. The highest BCUT2D eigenvalue weighted by molar-refractivity contribution is 6.00. The van der Waals surface area contributed by atoms with Crippen LogP contribution in [0.15, 0.2) is 42.6 Å². The summed E-state index contributed by atoms with van der Waals surface area (Å²) in [6, 6.07) is 10.4. The van der Waals surface area contributed by atoms with Gasteiger partial charge in [-0.3, -0.25) is 4.79 Å². The summed E-state index contributed by atoms with van der Waals surface area (Å²) in [7, 11) is 0. The van der Waals surface area contributed by atoms with Crippen LogP contribution in [-0.4, -0.2) is 38.5 Å². The summed E-state index contributed by atoms with van der Waals surface area (Å²) in [6.45, 7) is 1.35. The summed E-state index contributed by atoms with van der Waals surface area (Å²) < 4.78 is 28.2. The molecular formula is C19H18F2N4O. The molecule has 1 aliphatic heterocycles. The third kappa shape index (κ3) is 2.94. The minimum absolute atomic E-state index is 0.178. The molecule has 1 saturated heterocycles. The number of rotatable bonds is 3. The lowest BCUT2D eigenvalue weighted by Crippen LogP contribution is -2.35. The number of piperidine rings is 1. The van der Waals surface area contributed by atoms with Gasteiger partial charge in [-0.1, -0.05) is 30.3 Å². The molecule has 1 aromatic carbocycles. The van der Waals surface area contributed by atoms with Crippen molar-refractivity contribution >= 4 is 11.6 Å². The number of halogens is 2. The maximum absolute atomic E-state index is 13.6. The molecule has 7 heteroatoms. The van der Waals surface area contributed by atoms with Crippen LogP contribution in [0.2, 0.25) is 0 Å². The number of hydrogen-bond donors (Lipinski definition) is 0. The molecule has 3 heterocycles. The van der Waals surface area contributed by atoms with Gasteiger partial charge in [-0.05, 0) is 25.3 Å². The average Bonchev–Trinajstić information content (AvgIpc) is 3.11. The van der Waals surface area contributed by atoms with Crippen molar-refractivity contribution in [3.63, 3.8) is 0 Å². The summed E-state index contributed by atoms with van der Waals surface area (Å²) in [5.74, 6) is -0.197. The summed E-state index contributed by atoms with van der Waals surface area (Å²) in [6.07, 6.45) is 1.64. The Bertz CT molecular complexity index is 933. The molecule has 0 spiro atoms. The number of alkyl halides is 2. The molecule has 0 N–H and O–H groups in total. The standard InChI is InChI=1S/C19H18F2N4O/c20-17(21)16-11-15(13-7-3-1-4-8-13)23-18-14(12-22-25(16)18)19(26)24-9-5-2-6-10-24/h1,3-4,7-8,11-12,17H,2,5-6,9-10H2. The van der Waals surface area contributed by atoms with Crippen LogP contribution < -0.4 is 0 Å². The fraction of sp³-hybridized carbons (Fsp3) is 0.316. The number of carbonyl (C=O) groups excluding carboxylic acids is 1. The van der Waals surface area contributed by atoms with Crippen LogP contribution in [0.3, 0.4) is 0 Å². The molecular weight excluding hydrogens is 338 g/mol. The van der Waals surface area contributed by atoms with E-state index >= 15 is 0 Å². The first-order chi connectivity index (χ1) is 12.6. The van der Waals surface area contributed by atoms with E-state index in [4.69, 9.17) is 0 Å². The van der Waals surface area contributed by atoms with Crippen molar-refractivity contribution in [1.29, 1.82) is 0 Å². The largest absolute Gasteiger partial charge is 0.338 e. The molecule has 2 aromatic heterocycles. The molecule has 26 heavy (non-hydrogen) atoms. The maximum Gasteiger partial charge on any atom is 0.280 e. The van der Waals surface area contributed by atoms with Gasteiger partial charge in [0.2, 0.25) is 0 Å². The van der Waals surface area contributed by atoms with Crippen molar-refractivity contribution in [2.75, 3.05) is 13.1 Å². The fourth-order valence-electron chi connectivity index (χ4n) is 3.32. The van der Waals surface area contributed by atoms with Crippen LogP contribution in [0.5, 0.6) is 0 Å². The second kappa shape index (κ2) is 6.82. The van der Waals surface area contributed by atoms with E-state index in [1.165, 1.54) is 12.3 Å². The molecule has 4 rings (SSSR count). The zero-order chi connectivity index (χ0) is 18.1. The predicted octanol–water partition coefficient (Wildman–Crippen LogP) is 3.96. The van der Waals surface area contributed by atoms with E-state index in [0.717, 1.165) is 29.3 Å². The normalized spacial score (nSPS) is 15.0. The lowest BCUT2D eigenvalue weighted by atomic mass is 10.1. The number of benzene rings is 1. The average molecular weight is 356 g/mol. The molecule has 1 amide bonds. The van der Waals surface area contributed by atoms with Crippen molar-refractivity contribution in [2.24, 2.45) is 0 Å². The third-order valence-electron chi connectivity index (χ3n) is 4.67. The minimum atomic E-state index is -2.72. The van der Waals surface area contributed by atoms with Crippen molar-refractivity contribution in [3.05, 3.63) is 53.9 Å². The van der Waals surface area contributed by atoms with E-state index in [1.807, 2.05) is 18.2 Å². The van der Waals surface area contributed by atoms with Gasteiger partial charge in [0.25, 0.3) is 12.3 Å². The zero-order valence-corrected chi connectivity index (χ0v) is 14.1. The van der Waals surface area contributed by atoms with Gasteiger partial charge in [-0.25, -0.2) is 18.3 Å². The van der Waals surface area contributed by atoms with Gasteiger partial charge >= 0.3 is 0 Å². The Hall–Kier alpha value is -2.83. The number of likely N-dealkylation sites (tertiary alicyclic amines) is 1. The zero-order valence-electron chi connectivity index (χ0n) is 14.1. The van der Waals surface area contributed by atoms with Crippen LogP contribution in [0, 0.1) is 0 Å². The number of aromatic nitrogens is 3. The second-order valence-electron chi connectivity index (χ2n) is 6.38. The first kappa shape index (κ1) is 16.6. The highest BCUT2D eigenvalue weighted by atomic mass is 19.3. The molecule has 0 radical (unpaired) electrons. The van der Waals surface area contributed by atoms with Crippen molar-refractivity contribution in [3.8, 4) is 11.3 Å². The molecule has 0 unspecified atom stereocenters. The number of carbonyl (C=O) groups is 1. The van der Waals surface area contributed by atoms with E-state index in [1.54, 1.807) is 17.0 Å². The van der Waals surface area contributed by atoms with Gasteiger partial charge in [0.1, 0.15) is 11.3 Å². The van der Waals surface area contributed by atoms with Crippen molar-refractivity contribution in [1.82, 2.24) is 19.5 Å². The number of amides is 1. The SMILES string of the molecule is O=C(c1cnn2c(C(F)F)cc(-c3ccccc3)nc12)N1CCCCC1. The lowest BCUT2D eigenvalue weighted by Gasteiger charge is -2.26. The van der Waals surface area contributed by atoms with Crippen molar-refractivity contribution in [2.45, 2.75) is 25.7 Å². The van der Waals surface area contributed by atoms with E-state index in [9.17, 15) is 13.6 Å². The highest BCUT2D eigenvalue weighted by Gasteiger charge is 2.25. The minimum Gasteiger partial charge on any atom is -0.338 e. The van der Waals surface area contributed by atoms with Crippen molar-refractivity contribution < 1.29 is 13.6 Å². The molecule has 0 atom stereocenters. The number of fused-ring (bicyclic) bond motifs is 1. The Labute approximate surface area is 149 Å². The first-order valence-corrected chi connectivity index (χ1v) is 8.66. The Balaban J connectivity index is 1.85. The van der Waals surface area contributed by atoms with Gasteiger partial charge in [-0.2, -0.15) is 5.10 Å². The van der Waals surface area contributed by atoms with Crippen LogP contribution in [-0.2, 0) is 0 Å².